The Balaban J connectivity index is 2.14. The molecule has 0 saturated heterocycles. The van der Waals surface area contributed by atoms with E-state index in [1.165, 1.54) is 6.07 Å². The van der Waals surface area contributed by atoms with Gasteiger partial charge in [0.05, 0.1) is 5.56 Å². The van der Waals surface area contributed by atoms with Crippen LogP contribution in [0.3, 0.4) is 0 Å². The molecule has 0 amide bonds. The zero-order valence-corrected chi connectivity index (χ0v) is 7.92. The Hall–Kier alpha value is -1.76. The number of fused-ring (bicyclic) bond motifs is 1. The highest BCUT2D eigenvalue weighted by Crippen LogP contribution is 2.52. The van der Waals surface area contributed by atoms with Crippen molar-refractivity contribution in [2.24, 2.45) is 0 Å². The fourth-order valence-electron chi connectivity index (χ4n) is 1.83. The number of hydrogen-bond donors (Lipinski definition) is 0. The van der Waals surface area contributed by atoms with Gasteiger partial charge in [0.1, 0.15) is 5.82 Å². The number of hydrogen-bond acceptors (Lipinski definition) is 2. The van der Waals surface area contributed by atoms with Gasteiger partial charge in [0, 0.05) is 18.9 Å². The predicted molar refractivity (Wildman–Crippen MR) is 50.0 cm³/mol. The van der Waals surface area contributed by atoms with E-state index < -0.39 is 5.54 Å². The van der Waals surface area contributed by atoms with Crippen LogP contribution in [-0.4, -0.2) is 6.79 Å². The van der Waals surface area contributed by atoms with E-state index in [0.29, 0.717) is 17.1 Å². The molecule has 0 spiro atoms. The Bertz CT molecular complexity index is 474. The molecular formula is C11H8FNO2. The van der Waals surface area contributed by atoms with Crippen LogP contribution in [0, 0.1) is 12.4 Å². The van der Waals surface area contributed by atoms with Crippen LogP contribution in [0.4, 0.5) is 4.39 Å². The lowest BCUT2D eigenvalue weighted by molar-refractivity contribution is 0.174. The minimum atomic E-state index is -0.634. The van der Waals surface area contributed by atoms with Gasteiger partial charge < -0.3 is 14.3 Å². The lowest BCUT2D eigenvalue weighted by Crippen LogP contribution is -2.03. The van der Waals surface area contributed by atoms with E-state index in [1.807, 2.05) is 0 Å². The minimum absolute atomic E-state index is 0.128. The van der Waals surface area contributed by atoms with Crippen molar-refractivity contribution in [3.05, 3.63) is 34.9 Å². The van der Waals surface area contributed by atoms with Crippen molar-refractivity contribution in [3.63, 3.8) is 0 Å². The molecule has 15 heavy (non-hydrogen) atoms. The van der Waals surface area contributed by atoms with E-state index in [2.05, 4.69) is 4.85 Å². The molecule has 76 valence electrons. The Morgan fingerprint density at radius 3 is 2.53 bits per heavy atom. The van der Waals surface area contributed by atoms with E-state index in [4.69, 9.17) is 16.0 Å². The fraction of sp³-hybridized carbons (Fsp3) is 0.364. The van der Waals surface area contributed by atoms with E-state index in [9.17, 15) is 4.39 Å². The summed E-state index contributed by atoms with van der Waals surface area (Å²) in [6.07, 6.45) is 1.46. The van der Waals surface area contributed by atoms with Gasteiger partial charge in [-0.25, -0.2) is 11.0 Å². The molecule has 0 radical (unpaired) electrons. The van der Waals surface area contributed by atoms with Crippen molar-refractivity contribution in [2.75, 3.05) is 6.79 Å². The second-order valence-corrected chi connectivity index (χ2v) is 3.83. The first kappa shape index (κ1) is 8.54. The number of halogens is 1. The topological polar surface area (TPSA) is 22.8 Å². The summed E-state index contributed by atoms with van der Waals surface area (Å²) in [6.45, 7) is 7.21. The Morgan fingerprint density at radius 2 is 1.93 bits per heavy atom. The van der Waals surface area contributed by atoms with Crippen LogP contribution in [0.1, 0.15) is 18.4 Å². The van der Waals surface area contributed by atoms with Crippen molar-refractivity contribution in [2.45, 2.75) is 18.4 Å². The highest BCUT2D eigenvalue weighted by Gasteiger charge is 2.54. The summed E-state index contributed by atoms with van der Waals surface area (Å²) in [5.41, 5.74) is -0.188. The van der Waals surface area contributed by atoms with Crippen LogP contribution in [0.25, 0.3) is 4.85 Å². The molecule has 1 aliphatic heterocycles. The minimum Gasteiger partial charge on any atom is -0.454 e. The van der Waals surface area contributed by atoms with Crippen LogP contribution < -0.4 is 9.47 Å². The third kappa shape index (κ3) is 1.09. The standard InChI is InChI=1S/C11H8FNO2/c1-13-11(2-3-11)7-4-9-10(5-8(7)12)15-6-14-9/h4-5H,2-3,6H2. The van der Waals surface area contributed by atoms with E-state index in [0.717, 1.165) is 12.8 Å². The third-order valence-corrected chi connectivity index (χ3v) is 2.90. The van der Waals surface area contributed by atoms with Crippen LogP contribution in [0.15, 0.2) is 12.1 Å². The van der Waals surface area contributed by atoms with Crippen LogP contribution in [0.2, 0.25) is 0 Å². The summed E-state index contributed by atoms with van der Waals surface area (Å²) in [5, 5.41) is 0. The van der Waals surface area contributed by atoms with E-state index in [-0.39, 0.29) is 12.6 Å². The summed E-state index contributed by atoms with van der Waals surface area (Å²) >= 11 is 0. The van der Waals surface area contributed by atoms with E-state index in [1.54, 1.807) is 6.07 Å². The third-order valence-electron chi connectivity index (χ3n) is 2.90. The molecule has 1 saturated carbocycles. The van der Waals surface area contributed by atoms with Gasteiger partial charge in [-0.2, -0.15) is 0 Å². The monoisotopic (exact) mass is 205 g/mol. The zero-order valence-electron chi connectivity index (χ0n) is 7.92. The first-order valence-electron chi connectivity index (χ1n) is 4.73. The molecule has 1 heterocycles. The SMILES string of the molecule is [C-]#[N+]C1(c2cc3c(cc2F)OCO3)CC1. The van der Waals surface area contributed by atoms with Crippen molar-refractivity contribution in [1.29, 1.82) is 0 Å². The molecule has 0 atom stereocenters. The number of benzene rings is 1. The maximum atomic E-state index is 13.7. The molecule has 4 heteroatoms. The van der Waals surface area contributed by atoms with Crippen molar-refractivity contribution in [3.8, 4) is 11.5 Å². The maximum absolute atomic E-state index is 13.7. The second-order valence-electron chi connectivity index (χ2n) is 3.83. The van der Waals surface area contributed by atoms with Crippen molar-refractivity contribution < 1.29 is 13.9 Å². The molecular weight excluding hydrogens is 197 g/mol. The first-order valence-corrected chi connectivity index (χ1v) is 4.73. The lowest BCUT2D eigenvalue weighted by Gasteiger charge is -2.05. The Labute approximate surface area is 86.2 Å². The summed E-state index contributed by atoms with van der Waals surface area (Å²) < 4.78 is 23.9. The molecule has 1 aromatic carbocycles. The van der Waals surface area contributed by atoms with Gasteiger partial charge in [-0.3, -0.25) is 0 Å². The van der Waals surface area contributed by atoms with Gasteiger partial charge in [-0.15, -0.1) is 0 Å². The molecule has 0 aromatic heterocycles. The quantitative estimate of drug-likeness (QED) is 0.657. The first-order chi connectivity index (χ1) is 7.25. The molecule has 1 fully saturated rings. The molecule has 3 nitrogen and oxygen atoms in total. The number of rotatable bonds is 1. The highest BCUT2D eigenvalue weighted by molar-refractivity contribution is 5.49. The summed E-state index contributed by atoms with van der Waals surface area (Å²) in [5.74, 6) is 0.603. The lowest BCUT2D eigenvalue weighted by atomic mass is 10.0. The van der Waals surface area contributed by atoms with Gasteiger partial charge in [-0.05, 0) is 6.07 Å². The molecule has 0 unspecified atom stereocenters. The Kier molecular flexibility index (Phi) is 1.50. The average Bonchev–Trinajstić information content (AvgIpc) is 2.91. The number of ether oxygens (including phenoxy) is 2. The van der Waals surface area contributed by atoms with E-state index >= 15 is 0 Å². The second kappa shape index (κ2) is 2.63. The molecule has 0 bridgehead atoms. The molecule has 1 aromatic rings. The predicted octanol–water partition coefficient (Wildman–Crippen LogP) is 2.46. The largest absolute Gasteiger partial charge is 0.454 e. The zero-order chi connectivity index (χ0) is 10.5. The van der Waals surface area contributed by atoms with Gasteiger partial charge >= 0.3 is 0 Å². The van der Waals surface area contributed by atoms with Gasteiger partial charge in [0.2, 0.25) is 6.79 Å². The van der Waals surface area contributed by atoms with Crippen molar-refractivity contribution >= 4 is 0 Å². The summed E-state index contributed by atoms with van der Waals surface area (Å²) in [6, 6.07) is 2.91. The smallest absolute Gasteiger partial charge is 0.261 e. The fourth-order valence-corrected chi connectivity index (χ4v) is 1.83. The average molecular weight is 205 g/mol. The van der Waals surface area contributed by atoms with Gasteiger partial charge in [-0.1, -0.05) is 0 Å². The molecule has 1 aliphatic carbocycles. The maximum Gasteiger partial charge on any atom is 0.261 e. The summed E-state index contributed by atoms with van der Waals surface area (Å²) in [4.78, 5) is 3.50. The van der Waals surface area contributed by atoms with Crippen LogP contribution in [0.5, 0.6) is 11.5 Å². The van der Waals surface area contributed by atoms with Crippen molar-refractivity contribution in [1.82, 2.24) is 0 Å². The van der Waals surface area contributed by atoms with Gasteiger partial charge in [0.15, 0.2) is 11.5 Å². The van der Waals surface area contributed by atoms with Gasteiger partial charge in [0.25, 0.3) is 5.54 Å². The van der Waals surface area contributed by atoms with Crippen LogP contribution in [-0.2, 0) is 5.54 Å². The molecule has 0 N–H and O–H groups in total. The normalized spacial score (nSPS) is 19.7. The van der Waals surface area contributed by atoms with Crippen LogP contribution >= 0.6 is 0 Å². The summed E-state index contributed by atoms with van der Waals surface area (Å²) in [7, 11) is 0. The highest BCUT2D eigenvalue weighted by atomic mass is 19.1. The molecule has 3 rings (SSSR count). The number of nitrogens with zero attached hydrogens (tertiary/aromatic N) is 1. The molecule has 2 aliphatic rings. The Morgan fingerprint density at radius 1 is 1.27 bits per heavy atom.